The maximum absolute atomic E-state index is 2.52. The van der Waals surface area contributed by atoms with Crippen molar-refractivity contribution in [2.45, 2.75) is 158 Å². The van der Waals surface area contributed by atoms with E-state index in [0.29, 0.717) is 0 Å². The maximum atomic E-state index is 2.52. The van der Waals surface area contributed by atoms with Gasteiger partial charge in [-0.1, -0.05) is 38.5 Å². The second-order valence-corrected chi connectivity index (χ2v) is 22.4. The van der Waals surface area contributed by atoms with Crippen LogP contribution in [-0.2, 0) is 0 Å². The second-order valence-electron chi connectivity index (χ2n) is 12.5. The van der Waals surface area contributed by atoms with Gasteiger partial charge in [-0.25, -0.2) is 0 Å². The van der Waals surface area contributed by atoms with Crippen molar-refractivity contribution in [3.8, 4) is 0 Å². The molecule has 32 heavy (non-hydrogen) atoms. The molecule has 3 heteroatoms. The SMILES string of the molecule is C[PH](C)(C)CCCCCCCCCCCCCC(PC1CCCCC1)PC1CCCCC1. The summed E-state index contributed by atoms with van der Waals surface area (Å²) < 4.78 is 0. The molecule has 2 aliphatic carbocycles. The normalized spacial score (nSPS) is 21.2. The predicted molar refractivity (Wildman–Crippen MR) is 161 cm³/mol. The standard InChI is InChI=1S/C29H61P3/c1-32(2,3)26-20-12-10-8-6-4-5-7-9-11-19-25-29(30-27-21-15-13-16-22-27)31-28-23-17-14-18-24-28/h27-32H,4-26H2,1-3H3. The first kappa shape index (κ1) is 29.5. The van der Waals surface area contributed by atoms with Crippen LogP contribution in [0, 0.1) is 0 Å². The minimum absolute atomic E-state index is 0.784. The van der Waals surface area contributed by atoms with E-state index >= 15 is 0 Å². The molecule has 2 saturated carbocycles. The molecule has 0 aromatic rings. The van der Waals surface area contributed by atoms with Crippen LogP contribution in [0.25, 0.3) is 0 Å². The third-order valence-electron chi connectivity index (χ3n) is 8.00. The van der Waals surface area contributed by atoms with Crippen LogP contribution >= 0.6 is 24.4 Å². The molecule has 0 aromatic heterocycles. The molecule has 2 aliphatic rings. The van der Waals surface area contributed by atoms with Crippen LogP contribution in [-0.4, -0.2) is 42.9 Å². The van der Waals surface area contributed by atoms with Crippen LogP contribution in [0.2, 0.25) is 0 Å². The molecule has 192 valence electrons. The Hall–Kier alpha value is 1.29. The van der Waals surface area contributed by atoms with Crippen molar-refractivity contribution in [2.24, 2.45) is 0 Å². The smallest absolute Gasteiger partial charge is 0.111 e. The van der Waals surface area contributed by atoms with Crippen LogP contribution in [0.3, 0.4) is 0 Å². The van der Waals surface area contributed by atoms with Gasteiger partial charge in [-0.05, 0) is 48.8 Å². The zero-order chi connectivity index (χ0) is 22.9. The number of unbranched alkanes of at least 4 members (excludes halogenated alkanes) is 10. The predicted octanol–water partition coefficient (Wildman–Crippen LogP) is 10.7. The summed E-state index contributed by atoms with van der Waals surface area (Å²) in [7, 11) is 1.85. The van der Waals surface area contributed by atoms with Gasteiger partial charge in [-0.15, -0.1) is 17.2 Å². The summed E-state index contributed by atoms with van der Waals surface area (Å²) in [5.41, 5.74) is 2.25. The minimum atomic E-state index is -0.784. The summed E-state index contributed by atoms with van der Waals surface area (Å²) in [4.78, 5) is 0. The van der Waals surface area contributed by atoms with Gasteiger partial charge < -0.3 is 0 Å². The van der Waals surface area contributed by atoms with E-state index in [4.69, 9.17) is 0 Å². The zero-order valence-electron chi connectivity index (χ0n) is 22.5. The molecule has 0 radical (unpaired) electrons. The third-order valence-corrected chi connectivity index (χ3v) is 14.3. The van der Waals surface area contributed by atoms with E-state index in [1.807, 2.05) is 0 Å². The molecule has 0 spiro atoms. The van der Waals surface area contributed by atoms with Gasteiger partial charge in [0.1, 0.15) is 0 Å². The summed E-state index contributed by atoms with van der Waals surface area (Å²) in [5, 5.41) is 1.13. The van der Waals surface area contributed by atoms with Gasteiger partial charge >= 0.3 is 104 Å². The monoisotopic (exact) mass is 502 g/mol. The molecular weight excluding hydrogens is 441 g/mol. The van der Waals surface area contributed by atoms with Crippen LogP contribution in [0.1, 0.15) is 141 Å². The van der Waals surface area contributed by atoms with E-state index in [1.54, 1.807) is 38.5 Å². The van der Waals surface area contributed by atoms with Crippen LogP contribution < -0.4 is 0 Å². The van der Waals surface area contributed by atoms with Crippen molar-refractivity contribution in [1.29, 1.82) is 0 Å². The van der Waals surface area contributed by atoms with E-state index in [0.717, 1.165) is 16.7 Å². The Morgan fingerprint density at radius 3 is 1.31 bits per heavy atom. The van der Waals surface area contributed by atoms with Crippen molar-refractivity contribution >= 4 is 24.4 Å². The van der Waals surface area contributed by atoms with Crippen molar-refractivity contribution in [1.82, 2.24) is 0 Å². The molecule has 2 rings (SSSR count). The Morgan fingerprint density at radius 1 is 0.531 bits per heavy atom. The molecule has 0 N–H and O–H groups in total. The molecule has 2 atom stereocenters. The van der Waals surface area contributed by atoms with Gasteiger partial charge in [0.15, 0.2) is 0 Å². The van der Waals surface area contributed by atoms with Gasteiger partial charge in [0, 0.05) is 0 Å². The molecule has 0 saturated heterocycles. The topological polar surface area (TPSA) is 0 Å². The summed E-state index contributed by atoms with van der Waals surface area (Å²) >= 11 is 0. The number of hydrogen-bond acceptors (Lipinski definition) is 0. The van der Waals surface area contributed by atoms with Crippen molar-refractivity contribution in [2.75, 3.05) is 26.2 Å². The average molecular weight is 503 g/mol. The van der Waals surface area contributed by atoms with E-state index < -0.39 is 7.26 Å². The van der Waals surface area contributed by atoms with Gasteiger partial charge in [-0.3, -0.25) is 0 Å². The second kappa shape index (κ2) is 18.5. The molecule has 0 nitrogen and oxygen atoms in total. The summed E-state index contributed by atoms with van der Waals surface area (Å²) in [6, 6.07) is 0. The fraction of sp³-hybridized carbons (Fsp3) is 1.00. The number of hydrogen-bond donors (Lipinski definition) is 0. The summed E-state index contributed by atoms with van der Waals surface area (Å²) in [6.45, 7) is 7.55. The average Bonchev–Trinajstić information content (AvgIpc) is 2.77. The van der Waals surface area contributed by atoms with E-state index in [2.05, 4.69) is 20.0 Å². The first-order valence-corrected chi connectivity index (χ1v) is 21.1. The fourth-order valence-corrected chi connectivity index (χ4v) is 12.4. The van der Waals surface area contributed by atoms with Gasteiger partial charge in [0.25, 0.3) is 0 Å². The molecule has 0 amide bonds. The third kappa shape index (κ3) is 16.1. The summed E-state index contributed by atoms with van der Waals surface area (Å²) in [5.74, 6) is 0. The van der Waals surface area contributed by atoms with E-state index in [9.17, 15) is 0 Å². The van der Waals surface area contributed by atoms with Crippen molar-refractivity contribution < 1.29 is 0 Å². The minimum Gasteiger partial charge on any atom is -0.111 e. The molecule has 0 heterocycles. The van der Waals surface area contributed by atoms with Crippen molar-refractivity contribution in [3.63, 3.8) is 0 Å². The zero-order valence-corrected chi connectivity index (χ0v) is 25.5. The first-order valence-electron chi connectivity index (χ1n) is 15.0. The molecule has 0 aromatic carbocycles. The van der Waals surface area contributed by atoms with E-state index in [1.165, 1.54) is 126 Å². The van der Waals surface area contributed by atoms with E-state index in [-0.39, 0.29) is 0 Å². The Bertz CT molecular complexity index is 399. The molecule has 0 bridgehead atoms. The summed E-state index contributed by atoms with van der Waals surface area (Å²) in [6.07, 6.45) is 35.2. The molecule has 2 fully saturated rings. The van der Waals surface area contributed by atoms with Crippen LogP contribution in [0.4, 0.5) is 0 Å². The fourth-order valence-electron chi connectivity index (χ4n) is 5.92. The quantitative estimate of drug-likeness (QED) is 0.129. The van der Waals surface area contributed by atoms with Gasteiger partial charge in [-0.2, -0.15) is 0 Å². The van der Waals surface area contributed by atoms with Crippen LogP contribution in [0.15, 0.2) is 0 Å². The molecular formula is C29H61P3. The first-order chi connectivity index (χ1) is 15.5. The Kier molecular flexibility index (Phi) is 17.1. The van der Waals surface area contributed by atoms with Crippen LogP contribution in [0.5, 0.6) is 0 Å². The number of rotatable bonds is 18. The Labute approximate surface area is 208 Å². The van der Waals surface area contributed by atoms with Crippen molar-refractivity contribution in [3.05, 3.63) is 0 Å². The molecule has 0 aliphatic heterocycles. The Balaban J connectivity index is 1.46. The van der Waals surface area contributed by atoms with Gasteiger partial charge in [0.05, 0.1) is 0 Å². The van der Waals surface area contributed by atoms with Gasteiger partial charge in [0.2, 0.25) is 0 Å². The Morgan fingerprint density at radius 2 is 0.906 bits per heavy atom. The molecule has 2 unspecified atom stereocenters.